The molecule has 1 N–H and O–H groups in total. The maximum absolute atomic E-state index is 12.9. The smallest absolute Gasteiger partial charge is 0.347 e. The van der Waals surface area contributed by atoms with E-state index in [-0.39, 0.29) is 22.8 Å². The number of rotatable bonds is 5. The molecule has 7 nitrogen and oxygen atoms in total. The number of hydrogen-bond acceptors (Lipinski definition) is 6. The molecule has 1 aliphatic heterocycles. The molecule has 26 heavy (non-hydrogen) atoms. The van der Waals surface area contributed by atoms with Gasteiger partial charge < -0.3 is 9.47 Å². The zero-order valence-corrected chi connectivity index (χ0v) is 14.2. The van der Waals surface area contributed by atoms with Crippen LogP contribution in [0.25, 0.3) is 0 Å². The molecule has 0 spiro atoms. The van der Waals surface area contributed by atoms with Crippen LogP contribution in [0, 0.1) is 5.82 Å². The van der Waals surface area contributed by atoms with Crippen LogP contribution in [0.5, 0.6) is 0 Å². The van der Waals surface area contributed by atoms with Gasteiger partial charge in [0.25, 0.3) is 10.0 Å². The number of nitrogens with one attached hydrogen (secondary N) is 1. The number of hydrogen-bond donors (Lipinski definition) is 1. The quantitative estimate of drug-likeness (QED) is 0.799. The first-order valence-electron chi connectivity index (χ1n) is 7.61. The lowest BCUT2D eigenvalue weighted by Crippen LogP contribution is -2.22. The van der Waals surface area contributed by atoms with Crippen LogP contribution in [0.4, 0.5) is 10.1 Å². The summed E-state index contributed by atoms with van der Waals surface area (Å²) in [7, 11) is -3.88. The van der Waals surface area contributed by atoms with Crippen LogP contribution in [0.3, 0.4) is 0 Å². The standard InChI is InChI=1S/C17H14FNO6S/c18-12-3-7-14(8-4-12)26(22,23)19-13-5-1-11(2-6-13)16(20)25-15-9-10-24-17(15)21/h1-8,15,19H,9-10H2/t15-/m1/s1. The molecule has 2 aromatic rings. The van der Waals surface area contributed by atoms with E-state index < -0.39 is 33.9 Å². The van der Waals surface area contributed by atoms with E-state index >= 15 is 0 Å². The average Bonchev–Trinajstić information content (AvgIpc) is 3.00. The van der Waals surface area contributed by atoms with Crippen molar-refractivity contribution in [2.45, 2.75) is 17.4 Å². The van der Waals surface area contributed by atoms with Gasteiger partial charge in [0, 0.05) is 12.1 Å². The third kappa shape index (κ3) is 3.99. The Morgan fingerprint density at radius 2 is 1.77 bits per heavy atom. The van der Waals surface area contributed by atoms with Gasteiger partial charge in [-0.1, -0.05) is 0 Å². The number of cyclic esters (lactones) is 1. The molecule has 2 aromatic carbocycles. The highest BCUT2D eigenvalue weighted by Crippen LogP contribution is 2.18. The van der Waals surface area contributed by atoms with E-state index in [1.54, 1.807) is 0 Å². The molecule has 3 rings (SSSR count). The van der Waals surface area contributed by atoms with Crippen molar-refractivity contribution in [3.05, 3.63) is 59.9 Å². The molecule has 0 radical (unpaired) electrons. The second-order valence-corrected chi connectivity index (χ2v) is 7.17. The molecular weight excluding hydrogens is 365 g/mol. The SMILES string of the molecule is O=C(O[C@@H]1CCOC1=O)c1ccc(NS(=O)(=O)c2ccc(F)cc2)cc1. The Bertz CT molecular complexity index is 925. The van der Waals surface area contributed by atoms with E-state index in [2.05, 4.69) is 4.72 Å². The first-order chi connectivity index (χ1) is 12.3. The Kier molecular flexibility index (Phi) is 4.90. The molecule has 1 heterocycles. The van der Waals surface area contributed by atoms with E-state index in [0.717, 1.165) is 24.3 Å². The molecule has 1 aliphatic rings. The Morgan fingerprint density at radius 1 is 1.12 bits per heavy atom. The van der Waals surface area contributed by atoms with Crippen LogP contribution >= 0.6 is 0 Å². The van der Waals surface area contributed by atoms with Crippen LogP contribution in [0.15, 0.2) is 53.4 Å². The van der Waals surface area contributed by atoms with Crippen LogP contribution in [-0.2, 0) is 24.3 Å². The van der Waals surface area contributed by atoms with Crippen molar-refractivity contribution in [1.82, 2.24) is 0 Å². The molecule has 0 aromatic heterocycles. The van der Waals surface area contributed by atoms with Crippen molar-refractivity contribution in [1.29, 1.82) is 0 Å². The Morgan fingerprint density at radius 3 is 2.35 bits per heavy atom. The van der Waals surface area contributed by atoms with Crippen LogP contribution in [0.1, 0.15) is 16.8 Å². The predicted molar refractivity (Wildman–Crippen MR) is 88.4 cm³/mol. The fraction of sp³-hybridized carbons (Fsp3) is 0.176. The lowest BCUT2D eigenvalue weighted by molar-refractivity contribution is -0.145. The normalized spacial score (nSPS) is 16.8. The fourth-order valence-electron chi connectivity index (χ4n) is 2.28. The van der Waals surface area contributed by atoms with Crippen molar-refractivity contribution in [3.8, 4) is 0 Å². The first-order valence-corrected chi connectivity index (χ1v) is 9.09. The number of benzene rings is 2. The van der Waals surface area contributed by atoms with E-state index in [1.165, 1.54) is 24.3 Å². The molecule has 0 aliphatic carbocycles. The molecule has 0 unspecified atom stereocenters. The van der Waals surface area contributed by atoms with Gasteiger partial charge in [-0.25, -0.2) is 22.4 Å². The third-order valence-electron chi connectivity index (χ3n) is 3.63. The van der Waals surface area contributed by atoms with E-state index in [4.69, 9.17) is 9.47 Å². The van der Waals surface area contributed by atoms with E-state index in [9.17, 15) is 22.4 Å². The molecule has 1 fully saturated rings. The summed E-state index contributed by atoms with van der Waals surface area (Å²) in [4.78, 5) is 23.2. The average molecular weight is 379 g/mol. The topological polar surface area (TPSA) is 98.8 Å². The predicted octanol–water partition coefficient (Wildman–Crippen LogP) is 2.10. The van der Waals surface area contributed by atoms with Crippen molar-refractivity contribution in [3.63, 3.8) is 0 Å². The van der Waals surface area contributed by atoms with Crippen molar-refractivity contribution >= 4 is 27.6 Å². The molecule has 1 saturated heterocycles. The summed E-state index contributed by atoms with van der Waals surface area (Å²) in [6.45, 7) is 0.209. The van der Waals surface area contributed by atoms with Gasteiger partial charge in [-0.2, -0.15) is 0 Å². The lowest BCUT2D eigenvalue weighted by atomic mass is 10.2. The number of ether oxygens (including phenoxy) is 2. The molecule has 0 bridgehead atoms. The summed E-state index contributed by atoms with van der Waals surface area (Å²) in [6, 6.07) is 9.86. The fourth-order valence-corrected chi connectivity index (χ4v) is 3.34. The molecule has 136 valence electrons. The summed E-state index contributed by atoms with van der Waals surface area (Å²) in [5.74, 6) is -1.83. The number of sulfonamides is 1. The summed E-state index contributed by atoms with van der Waals surface area (Å²) in [5.41, 5.74) is 0.376. The number of esters is 2. The minimum atomic E-state index is -3.88. The van der Waals surface area contributed by atoms with Gasteiger partial charge in [0.05, 0.1) is 17.1 Å². The van der Waals surface area contributed by atoms with Crippen LogP contribution in [0.2, 0.25) is 0 Å². The second kappa shape index (κ2) is 7.12. The van der Waals surface area contributed by atoms with Gasteiger partial charge >= 0.3 is 11.9 Å². The van der Waals surface area contributed by atoms with Crippen molar-refractivity contribution in [2.75, 3.05) is 11.3 Å². The van der Waals surface area contributed by atoms with Crippen LogP contribution < -0.4 is 4.72 Å². The summed E-state index contributed by atoms with van der Waals surface area (Å²) in [6.07, 6.45) is -0.612. The number of halogens is 1. The minimum Gasteiger partial charge on any atom is -0.463 e. The van der Waals surface area contributed by atoms with Crippen molar-refractivity contribution in [2.24, 2.45) is 0 Å². The van der Waals surface area contributed by atoms with Gasteiger partial charge in [0.15, 0.2) is 0 Å². The van der Waals surface area contributed by atoms with Gasteiger partial charge in [-0.15, -0.1) is 0 Å². The number of carbonyl (C=O) groups excluding carboxylic acids is 2. The summed E-state index contributed by atoms with van der Waals surface area (Å²) in [5, 5.41) is 0. The van der Waals surface area contributed by atoms with Crippen LogP contribution in [-0.4, -0.2) is 33.1 Å². The maximum atomic E-state index is 12.9. The van der Waals surface area contributed by atoms with Gasteiger partial charge in [-0.3, -0.25) is 4.72 Å². The highest BCUT2D eigenvalue weighted by atomic mass is 32.2. The Balaban J connectivity index is 1.68. The second-order valence-electron chi connectivity index (χ2n) is 5.49. The van der Waals surface area contributed by atoms with E-state index in [1.807, 2.05) is 0 Å². The Labute approximate surface area is 148 Å². The molecule has 0 saturated carbocycles. The maximum Gasteiger partial charge on any atom is 0.347 e. The monoisotopic (exact) mass is 379 g/mol. The molecular formula is C17H14FNO6S. The minimum absolute atomic E-state index is 0.0952. The zero-order chi connectivity index (χ0) is 18.7. The zero-order valence-electron chi connectivity index (χ0n) is 13.3. The van der Waals surface area contributed by atoms with Gasteiger partial charge in [0.1, 0.15) is 5.82 Å². The molecule has 1 atom stereocenters. The largest absolute Gasteiger partial charge is 0.463 e. The molecule has 9 heteroatoms. The first kappa shape index (κ1) is 17.9. The third-order valence-corrected chi connectivity index (χ3v) is 5.03. The lowest BCUT2D eigenvalue weighted by Gasteiger charge is -2.10. The van der Waals surface area contributed by atoms with Crippen molar-refractivity contribution < 1.29 is 31.9 Å². The highest BCUT2D eigenvalue weighted by Gasteiger charge is 2.30. The Hall–Kier alpha value is -2.94. The number of anilines is 1. The van der Waals surface area contributed by atoms with Gasteiger partial charge in [-0.05, 0) is 48.5 Å². The van der Waals surface area contributed by atoms with E-state index in [0.29, 0.717) is 6.42 Å². The number of carbonyl (C=O) groups is 2. The summed E-state index contributed by atoms with van der Waals surface area (Å²) >= 11 is 0. The highest BCUT2D eigenvalue weighted by molar-refractivity contribution is 7.92. The molecule has 0 amide bonds. The van der Waals surface area contributed by atoms with Gasteiger partial charge in [0.2, 0.25) is 6.10 Å². The summed E-state index contributed by atoms with van der Waals surface area (Å²) < 4.78 is 49.4.